The Morgan fingerprint density at radius 3 is 2.46 bits per heavy atom. The van der Waals surface area contributed by atoms with Crippen molar-refractivity contribution in [2.75, 3.05) is 45.8 Å². The fourth-order valence-electron chi connectivity index (χ4n) is 3.75. The van der Waals surface area contributed by atoms with Gasteiger partial charge in [0.05, 0.1) is 6.54 Å². The normalized spacial score (nSPS) is 19.7. The minimum absolute atomic E-state index is 0.301. The number of hydrogen-bond acceptors (Lipinski definition) is 3. The molecule has 0 aromatic carbocycles. The van der Waals surface area contributed by atoms with E-state index in [-0.39, 0.29) is 0 Å². The molecule has 0 aliphatic carbocycles. The van der Waals surface area contributed by atoms with Crippen LogP contribution in [-0.2, 0) is 4.79 Å². The second-order valence-corrected chi connectivity index (χ2v) is 7.80. The summed E-state index contributed by atoms with van der Waals surface area (Å²) in [6.07, 6.45) is 17.6. The van der Waals surface area contributed by atoms with Crippen LogP contribution in [0.4, 0.5) is 0 Å². The summed E-state index contributed by atoms with van der Waals surface area (Å²) in [4.78, 5) is 19.3. The van der Waals surface area contributed by atoms with Gasteiger partial charge in [0.25, 0.3) is 0 Å². The number of likely N-dealkylation sites (tertiary alicyclic amines) is 1. The molecule has 0 aromatic rings. The van der Waals surface area contributed by atoms with E-state index in [4.69, 9.17) is 0 Å². The van der Waals surface area contributed by atoms with Gasteiger partial charge in [0, 0.05) is 26.2 Å². The summed E-state index contributed by atoms with van der Waals surface area (Å²) in [5, 5.41) is 0. The molecule has 0 unspecified atom stereocenters. The van der Waals surface area contributed by atoms with E-state index in [0.717, 1.165) is 65.0 Å². The van der Waals surface area contributed by atoms with E-state index in [1.165, 1.54) is 24.0 Å². The third-order valence-corrected chi connectivity index (χ3v) is 5.62. The van der Waals surface area contributed by atoms with Crippen LogP contribution in [0.15, 0.2) is 48.2 Å². The lowest BCUT2D eigenvalue weighted by Gasteiger charge is -2.24. The largest absolute Gasteiger partial charge is 0.376 e. The Bertz CT molecular complexity index is 585. The van der Waals surface area contributed by atoms with Gasteiger partial charge in [-0.25, -0.2) is 0 Å². The highest BCUT2D eigenvalue weighted by Crippen LogP contribution is 2.16. The van der Waals surface area contributed by atoms with E-state index in [9.17, 15) is 4.79 Å². The van der Waals surface area contributed by atoms with Crippen molar-refractivity contribution >= 4 is 5.91 Å². The van der Waals surface area contributed by atoms with Crippen LogP contribution in [-0.4, -0.2) is 66.4 Å². The molecule has 4 heteroatoms. The third-order valence-electron chi connectivity index (χ3n) is 5.62. The van der Waals surface area contributed by atoms with Crippen LogP contribution >= 0.6 is 0 Å². The summed E-state index contributed by atoms with van der Waals surface area (Å²) >= 11 is 0. The van der Waals surface area contributed by atoms with Gasteiger partial charge in [-0.1, -0.05) is 38.7 Å². The first kappa shape index (κ1) is 22.5. The molecule has 0 saturated carbocycles. The lowest BCUT2D eigenvalue weighted by atomic mass is 10.0. The molecular weight excluding hydrogens is 346 g/mol. The van der Waals surface area contributed by atoms with E-state index in [1.807, 2.05) is 0 Å². The number of rotatable bonds is 9. The zero-order valence-corrected chi connectivity index (χ0v) is 18.0. The maximum Gasteiger partial charge on any atom is 0.236 e. The highest BCUT2D eigenvalue weighted by Gasteiger charge is 2.21. The van der Waals surface area contributed by atoms with Crippen LogP contribution in [0.3, 0.4) is 0 Å². The molecule has 0 atom stereocenters. The van der Waals surface area contributed by atoms with Crippen LogP contribution in [0.2, 0.25) is 0 Å². The highest BCUT2D eigenvalue weighted by molar-refractivity contribution is 5.78. The van der Waals surface area contributed by atoms with Crippen molar-refractivity contribution in [3.63, 3.8) is 0 Å². The average molecular weight is 386 g/mol. The van der Waals surface area contributed by atoms with Gasteiger partial charge in [0.2, 0.25) is 5.91 Å². The molecule has 2 aliphatic rings. The molecule has 0 aromatic heterocycles. The quantitative estimate of drug-likeness (QED) is 0.435. The van der Waals surface area contributed by atoms with Gasteiger partial charge in [0.1, 0.15) is 0 Å². The van der Waals surface area contributed by atoms with E-state index in [2.05, 4.69) is 65.6 Å². The highest BCUT2D eigenvalue weighted by atomic mass is 16.2. The molecule has 28 heavy (non-hydrogen) atoms. The summed E-state index contributed by atoms with van der Waals surface area (Å²) in [6.45, 7) is 14.9. The molecule has 1 amide bonds. The van der Waals surface area contributed by atoms with Gasteiger partial charge in [-0.15, -0.1) is 0 Å². The summed E-state index contributed by atoms with van der Waals surface area (Å²) in [5.41, 5.74) is 2.41. The number of nitrogens with zero attached hydrogens (tertiary/aromatic N) is 3. The van der Waals surface area contributed by atoms with Crippen molar-refractivity contribution in [3.05, 3.63) is 48.2 Å². The van der Waals surface area contributed by atoms with Crippen LogP contribution in [0.1, 0.15) is 52.4 Å². The summed E-state index contributed by atoms with van der Waals surface area (Å²) in [5.74, 6) is 0.301. The van der Waals surface area contributed by atoms with Crippen molar-refractivity contribution in [1.82, 2.24) is 14.7 Å². The van der Waals surface area contributed by atoms with Crippen LogP contribution in [0.25, 0.3) is 0 Å². The minimum Gasteiger partial charge on any atom is -0.376 e. The maximum absolute atomic E-state index is 12.6. The van der Waals surface area contributed by atoms with E-state index in [0.29, 0.717) is 12.5 Å². The number of allylic oxidation sites excluding steroid dienone is 6. The first-order valence-electron chi connectivity index (χ1n) is 11.1. The first-order chi connectivity index (χ1) is 13.6. The van der Waals surface area contributed by atoms with Crippen molar-refractivity contribution in [3.8, 4) is 0 Å². The second kappa shape index (κ2) is 12.6. The molecular formula is C24H39N3O. The Morgan fingerprint density at radius 2 is 1.75 bits per heavy atom. The Balaban J connectivity index is 1.87. The first-order valence-corrected chi connectivity index (χ1v) is 11.1. The molecule has 0 radical (unpaired) electrons. The molecule has 0 spiro atoms. The molecule has 4 nitrogen and oxygen atoms in total. The Hall–Kier alpha value is -1.81. The summed E-state index contributed by atoms with van der Waals surface area (Å²) < 4.78 is 0. The summed E-state index contributed by atoms with van der Waals surface area (Å²) in [7, 11) is 0. The maximum atomic E-state index is 12.6. The Morgan fingerprint density at radius 1 is 0.964 bits per heavy atom. The Kier molecular flexibility index (Phi) is 10.1. The fraction of sp³-hybridized carbons (Fsp3) is 0.625. The zero-order chi connectivity index (χ0) is 20.2. The van der Waals surface area contributed by atoms with Gasteiger partial charge in [0.15, 0.2) is 0 Å². The van der Waals surface area contributed by atoms with Crippen LogP contribution in [0.5, 0.6) is 0 Å². The van der Waals surface area contributed by atoms with Gasteiger partial charge < -0.3 is 9.80 Å². The van der Waals surface area contributed by atoms with Crippen molar-refractivity contribution in [2.24, 2.45) is 0 Å². The number of hydrogen-bond donors (Lipinski definition) is 0. The lowest BCUT2D eigenvalue weighted by molar-refractivity contribution is -0.132. The predicted octanol–water partition coefficient (Wildman–Crippen LogP) is 4.38. The average Bonchev–Trinajstić information content (AvgIpc) is 3.09. The SMILES string of the molecule is C=C(CC)C(=CC/C=C\CC)/C=C/N1CCCN(C(=O)CN2CCCC2)CC1. The molecule has 2 heterocycles. The van der Waals surface area contributed by atoms with Gasteiger partial charge in [-0.05, 0) is 75.0 Å². The topological polar surface area (TPSA) is 26.8 Å². The molecule has 2 rings (SSSR count). The second-order valence-electron chi connectivity index (χ2n) is 7.80. The van der Waals surface area contributed by atoms with Crippen molar-refractivity contribution in [2.45, 2.75) is 52.4 Å². The monoisotopic (exact) mass is 385 g/mol. The van der Waals surface area contributed by atoms with E-state index < -0.39 is 0 Å². The summed E-state index contributed by atoms with van der Waals surface area (Å²) in [6, 6.07) is 0. The fourth-order valence-corrected chi connectivity index (χ4v) is 3.75. The number of carbonyl (C=O) groups excluding carboxylic acids is 1. The standard InChI is InChI=1S/C24H39N3O/c1-4-6-7-8-12-23(22(3)5-2)13-18-25-16-11-17-27(20-19-25)24(28)21-26-14-9-10-15-26/h6-7,12-13,18H,3-5,8-11,14-17,19-21H2,1-2H3/b7-6-,18-13+,23-12?. The zero-order valence-electron chi connectivity index (χ0n) is 18.0. The van der Waals surface area contributed by atoms with Gasteiger partial charge in [-0.2, -0.15) is 0 Å². The molecule has 2 fully saturated rings. The van der Waals surface area contributed by atoms with Crippen molar-refractivity contribution < 1.29 is 4.79 Å². The predicted molar refractivity (Wildman–Crippen MR) is 119 cm³/mol. The molecule has 2 aliphatic heterocycles. The van der Waals surface area contributed by atoms with Crippen molar-refractivity contribution in [1.29, 1.82) is 0 Å². The third kappa shape index (κ3) is 7.67. The van der Waals surface area contributed by atoms with Crippen LogP contribution in [0, 0.1) is 0 Å². The van der Waals surface area contributed by atoms with Gasteiger partial charge in [-0.3, -0.25) is 9.69 Å². The van der Waals surface area contributed by atoms with Crippen LogP contribution < -0.4 is 0 Å². The minimum atomic E-state index is 0.301. The molecule has 0 bridgehead atoms. The molecule has 0 N–H and O–H groups in total. The van der Waals surface area contributed by atoms with E-state index in [1.54, 1.807) is 0 Å². The molecule has 2 saturated heterocycles. The lowest BCUT2D eigenvalue weighted by Crippen LogP contribution is -2.41. The Labute approximate surface area is 172 Å². The van der Waals surface area contributed by atoms with E-state index >= 15 is 0 Å². The molecule has 156 valence electrons. The number of carbonyl (C=O) groups is 1. The smallest absolute Gasteiger partial charge is 0.236 e. The number of amides is 1. The van der Waals surface area contributed by atoms with Gasteiger partial charge >= 0.3 is 0 Å².